The molecule has 1 fully saturated rings. The summed E-state index contributed by atoms with van der Waals surface area (Å²) in [5.74, 6) is 0.476. The molecule has 0 aliphatic carbocycles. The summed E-state index contributed by atoms with van der Waals surface area (Å²) in [5, 5.41) is 14.8. The number of hydrogen-bond donors (Lipinski definition) is 2. The fraction of sp³-hybridized carbons (Fsp3) is 0.304. The van der Waals surface area contributed by atoms with Crippen molar-refractivity contribution in [3.63, 3.8) is 0 Å². The second-order valence-corrected chi connectivity index (χ2v) is 7.77. The predicted molar refractivity (Wildman–Crippen MR) is 126 cm³/mol. The number of nitrogens with one attached hydrogen (secondary N) is 1. The molecule has 0 saturated carbocycles. The molecule has 3 aromatic rings. The SMILES string of the molecule is Nc1nc(NCCc2ccccc2)nc(N2CCN(Cc3ccccc3)CC2)c1[N+](=O)[O-]. The second kappa shape index (κ2) is 10.1. The molecular formula is C23H27N7O2. The Hall–Kier alpha value is -3.72. The number of nitrogens with zero attached hydrogens (tertiary/aromatic N) is 5. The van der Waals surface area contributed by atoms with Crippen LogP contribution in [-0.4, -0.2) is 52.5 Å². The van der Waals surface area contributed by atoms with Gasteiger partial charge in [0.25, 0.3) is 0 Å². The Balaban J connectivity index is 1.44. The van der Waals surface area contributed by atoms with E-state index in [2.05, 4.69) is 32.3 Å². The number of anilines is 3. The van der Waals surface area contributed by atoms with Gasteiger partial charge in [-0.3, -0.25) is 15.0 Å². The molecule has 0 bridgehead atoms. The molecule has 1 aliphatic heterocycles. The van der Waals surface area contributed by atoms with E-state index in [1.54, 1.807) is 0 Å². The van der Waals surface area contributed by atoms with Gasteiger partial charge in [-0.15, -0.1) is 0 Å². The monoisotopic (exact) mass is 433 g/mol. The van der Waals surface area contributed by atoms with Gasteiger partial charge in [0.2, 0.25) is 17.6 Å². The maximum atomic E-state index is 11.7. The summed E-state index contributed by atoms with van der Waals surface area (Å²) in [6.45, 7) is 4.29. The van der Waals surface area contributed by atoms with Crippen LogP contribution in [-0.2, 0) is 13.0 Å². The van der Waals surface area contributed by atoms with Crippen molar-refractivity contribution in [2.75, 3.05) is 48.7 Å². The van der Waals surface area contributed by atoms with Crippen molar-refractivity contribution >= 4 is 23.3 Å². The van der Waals surface area contributed by atoms with Gasteiger partial charge >= 0.3 is 5.69 Å². The van der Waals surface area contributed by atoms with Gasteiger partial charge in [-0.25, -0.2) is 0 Å². The van der Waals surface area contributed by atoms with Gasteiger partial charge in [-0.2, -0.15) is 9.97 Å². The number of hydrogen-bond acceptors (Lipinski definition) is 8. The zero-order valence-corrected chi connectivity index (χ0v) is 17.9. The number of nitrogen functional groups attached to an aromatic ring is 1. The highest BCUT2D eigenvalue weighted by Crippen LogP contribution is 2.32. The first-order valence-corrected chi connectivity index (χ1v) is 10.7. The molecule has 166 valence electrons. The van der Waals surface area contributed by atoms with E-state index in [1.165, 1.54) is 11.1 Å². The van der Waals surface area contributed by atoms with Crippen LogP contribution in [0.15, 0.2) is 60.7 Å². The first-order valence-electron chi connectivity index (χ1n) is 10.7. The molecule has 0 atom stereocenters. The van der Waals surface area contributed by atoms with Crippen molar-refractivity contribution in [1.29, 1.82) is 0 Å². The molecule has 9 heteroatoms. The lowest BCUT2D eigenvalue weighted by molar-refractivity contribution is -0.383. The molecule has 1 aromatic heterocycles. The van der Waals surface area contributed by atoms with Crippen LogP contribution in [0.5, 0.6) is 0 Å². The molecular weight excluding hydrogens is 406 g/mol. The Morgan fingerprint density at radius 3 is 2.19 bits per heavy atom. The number of benzene rings is 2. The van der Waals surface area contributed by atoms with E-state index in [0.717, 1.165) is 26.1 Å². The van der Waals surface area contributed by atoms with Crippen molar-refractivity contribution in [3.05, 3.63) is 81.9 Å². The van der Waals surface area contributed by atoms with E-state index in [9.17, 15) is 10.1 Å². The lowest BCUT2D eigenvalue weighted by atomic mass is 10.1. The third kappa shape index (κ3) is 5.30. The summed E-state index contributed by atoms with van der Waals surface area (Å²) in [4.78, 5) is 24.1. The topological polar surface area (TPSA) is 113 Å². The first-order chi connectivity index (χ1) is 15.6. The van der Waals surface area contributed by atoms with Crippen molar-refractivity contribution < 1.29 is 4.92 Å². The van der Waals surface area contributed by atoms with E-state index in [1.807, 2.05) is 53.4 Å². The number of nitrogens with two attached hydrogens (primary N) is 1. The largest absolute Gasteiger partial charge is 0.378 e. The van der Waals surface area contributed by atoms with Gasteiger partial charge in [0.1, 0.15) is 0 Å². The molecule has 9 nitrogen and oxygen atoms in total. The Bertz CT molecular complexity index is 1040. The summed E-state index contributed by atoms with van der Waals surface area (Å²) in [6.07, 6.45) is 0.786. The molecule has 0 amide bonds. The number of piperazine rings is 1. The van der Waals surface area contributed by atoms with Crippen LogP contribution < -0.4 is 16.0 Å². The van der Waals surface area contributed by atoms with Crippen LogP contribution in [0.3, 0.4) is 0 Å². The van der Waals surface area contributed by atoms with E-state index >= 15 is 0 Å². The van der Waals surface area contributed by atoms with E-state index < -0.39 is 4.92 Å². The molecule has 0 radical (unpaired) electrons. The van der Waals surface area contributed by atoms with Crippen LogP contribution in [0.2, 0.25) is 0 Å². The molecule has 3 N–H and O–H groups in total. The summed E-state index contributed by atoms with van der Waals surface area (Å²) >= 11 is 0. The lowest BCUT2D eigenvalue weighted by Gasteiger charge is -2.35. The minimum Gasteiger partial charge on any atom is -0.378 e. The van der Waals surface area contributed by atoms with Gasteiger partial charge in [-0.1, -0.05) is 60.7 Å². The van der Waals surface area contributed by atoms with Crippen molar-refractivity contribution in [2.45, 2.75) is 13.0 Å². The fourth-order valence-electron chi connectivity index (χ4n) is 3.86. The third-order valence-corrected chi connectivity index (χ3v) is 5.54. The Kier molecular flexibility index (Phi) is 6.76. The van der Waals surface area contributed by atoms with E-state index in [-0.39, 0.29) is 17.3 Å². The summed E-state index contributed by atoms with van der Waals surface area (Å²) < 4.78 is 0. The Morgan fingerprint density at radius 1 is 0.938 bits per heavy atom. The first kappa shape index (κ1) is 21.5. The molecule has 32 heavy (non-hydrogen) atoms. The highest BCUT2D eigenvalue weighted by atomic mass is 16.6. The van der Waals surface area contributed by atoms with Gasteiger partial charge in [0.05, 0.1) is 4.92 Å². The second-order valence-electron chi connectivity index (χ2n) is 7.77. The van der Waals surface area contributed by atoms with Crippen molar-refractivity contribution in [3.8, 4) is 0 Å². The van der Waals surface area contributed by atoms with Crippen LogP contribution >= 0.6 is 0 Å². The molecule has 0 spiro atoms. The minimum absolute atomic E-state index is 0.117. The molecule has 4 rings (SSSR count). The van der Waals surface area contributed by atoms with E-state index in [0.29, 0.717) is 25.6 Å². The van der Waals surface area contributed by atoms with Crippen molar-refractivity contribution in [1.82, 2.24) is 14.9 Å². The van der Waals surface area contributed by atoms with Gasteiger partial charge in [0.15, 0.2) is 0 Å². The summed E-state index contributed by atoms with van der Waals surface area (Å²) in [6, 6.07) is 20.3. The summed E-state index contributed by atoms with van der Waals surface area (Å²) in [5.41, 5.74) is 8.18. The van der Waals surface area contributed by atoms with Crippen molar-refractivity contribution in [2.24, 2.45) is 0 Å². The van der Waals surface area contributed by atoms with Gasteiger partial charge < -0.3 is 16.0 Å². The smallest absolute Gasteiger partial charge is 0.353 e. The average molecular weight is 434 g/mol. The Labute approximate surface area is 187 Å². The van der Waals surface area contributed by atoms with Crippen LogP contribution in [0, 0.1) is 10.1 Å². The number of aromatic nitrogens is 2. The zero-order valence-electron chi connectivity index (χ0n) is 17.9. The Morgan fingerprint density at radius 2 is 1.56 bits per heavy atom. The quantitative estimate of drug-likeness (QED) is 0.412. The van der Waals surface area contributed by atoms with Gasteiger partial charge in [0, 0.05) is 39.3 Å². The molecule has 0 unspecified atom stereocenters. The fourth-order valence-corrected chi connectivity index (χ4v) is 3.86. The highest BCUT2D eigenvalue weighted by molar-refractivity contribution is 5.71. The predicted octanol–water partition coefficient (Wildman–Crippen LogP) is 2.94. The maximum Gasteiger partial charge on any atom is 0.353 e. The normalized spacial score (nSPS) is 14.3. The van der Waals surface area contributed by atoms with Crippen LogP contribution in [0.4, 0.5) is 23.3 Å². The molecule has 1 saturated heterocycles. The molecule has 1 aliphatic rings. The minimum atomic E-state index is -0.491. The number of nitro groups is 1. The van der Waals surface area contributed by atoms with Crippen LogP contribution in [0.1, 0.15) is 11.1 Å². The average Bonchev–Trinajstić information content (AvgIpc) is 2.80. The molecule has 2 aromatic carbocycles. The zero-order chi connectivity index (χ0) is 22.3. The van der Waals surface area contributed by atoms with Gasteiger partial charge in [-0.05, 0) is 17.5 Å². The molecule has 2 heterocycles. The maximum absolute atomic E-state index is 11.7. The lowest BCUT2D eigenvalue weighted by Crippen LogP contribution is -2.46. The highest BCUT2D eigenvalue weighted by Gasteiger charge is 2.29. The van der Waals surface area contributed by atoms with Crippen LogP contribution in [0.25, 0.3) is 0 Å². The van der Waals surface area contributed by atoms with E-state index in [4.69, 9.17) is 5.73 Å². The number of rotatable bonds is 8. The summed E-state index contributed by atoms with van der Waals surface area (Å²) in [7, 11) is 0. The standard InChI is InChI=1S/C23H27N7O2/c24-21-20(30(31)32)22(27-23(26-21)25-12-11-18-7-3-1-4-8-18)29-15-13-28(14-16-29)17-19-9-5-2-6-10-19/h1-10H,11-17H2,(H3,24,25,26,27). The third-order valence-electron chi connectivity index (χ3n) is 5.54.